The van der Waals surface area contributed by atoms with Gasteiger partial charge in [0, 0.05) is 0 Å². The van der Waals surface area contributed by atoms with Gasteiger partial charge in [0.1, 0.15) is 0 Å². The zero-order chi connectivity index (χ0) is 60.7. The molecule has 0 atom stereocenters. The van der Waals surface area contributed by atoms with Crippen LogP contribution in [0.1, 0.15) is 11.0 Å². The number of anilines is 3. The van der Waals surface area contributed by atoms with E-state index in [-0.39, 0.29) is 52.7 Å². The number of para-hydroxylation sites is 3. The van der Waals surface area contributed by atoms with Crippen LogP contribution in [-0.4, -0.2) is 51.0 Å². The number of fused-ring (bicyclic) bond motifs is 10. The van der Waals surface area contributed by atoms with E-state index >= 15 is 0 Å². The molecule has 382 valence electrons. The third kappa shape index (κ3) is 7.61. The second-order valence-electron chi connectivity index (χ2n) is 20.5. The fourth-order valence-corrected chi connectivity index (χ4v) is 16.0. The first-order valence-corrected chi connectivity index (χ1v) is 29.2. The van der Waals surface area contributed by atoms with Crippen molar-refractivity contribution in [3.05, 3.63) is 267 Å². The summed E-state index contributed by atoms with van der Waals surface area (Å²) >= 11 is -1.08. The molecule has 7 heteroatoms. The van der Waals surface area contributed by atoms with Crippen molar-refractivity contribution in [2.45, 2.75) is 0 Å². The molecule has 0 unspecified atom stereocenters. The van der Waals surface area contributed by atoms with E-state index in [1.165, 1.54) is 18.1 Å². The van der Waals surface area contributed by atoms with Gasteiger partial charge in [0.05, 0.1) is 2.74 Å². The van der Waals surface area contributed by atoms with E-state index in [0.717, 1.165) is 94.5 Å². The van der Waals surface area contributed by atoms with Crippen LogP contribution < -0.4 is 38.0 Å². The van der Waals surface area contributed by atoms with E-state index in [1.54, 1.807) is 18.8 Å². The zero-order valence-corrected chi connectivity index (χ0v) is 46.3. The maximum absolute atomic E-state index is 9.53. The van der Waals surface area contributed by atoms with Crippen LogP contribution in [0.2, 0.25) is 0 Å². The maximum atomic E-state index is 9.53. The van der Waals surface area contributed by atoms with Crippen LogP contribution >= 0.6 is 0 Å². The Balaban J connectivity index is 0.970. The van der Waals surface area contributed by atoms with Gasteiger partial charge in [-0.2, -0.15) is 0 Å². The van der Waals surface area contributed by atoms with Crippen LogP contribution in [0, 0.1) is 0 Å². The standard InChI is InChI=1S/C74H50BN3O2Te/c1-79-55-23-13-21-51(41-55)57-27-15-28-58(52-22-14-24-56(42-52)80-2)74(57)78-69-31-16-32-71-73(69)75(63-37-35-53(45-70(63)78)76-65-29-11-9-25-59(65)60-26-10-12-30-66(60)76)64-38-36-54(46-72(64)81-71)77-67-39-33-49(47-17-5-3-6-18-47)43-61(67)62-44-50(34-40-68(62)77)48-19-7-4-8-20-48/h3-46H,1-2H3/i9D,10D,11D,12D,25D,26D,29D,30D. The molecule has 4 heterocycles. The molecule has 16 rings (SSSR count). The average Bonchev–Trinajstić information content (AvgIpc) is 1.78. The van der Waals surface area contributed by atoms with E-state index in [1.807, 2.05) is 48.5 Å². The van der Waals surface area contributed by atoms with Crippen LogP contribution in [0.4, 0.5) is 17.1 Å². The number of benzene rings is 12. The first-order chi connectivity index (χ1) is 43.4. The fraction of sp³-hybridized carbons (Fsp3) is 0.0270. The summed E-state index contributed by atoms with van der Waals surface area (Å²) < 4.78 is 91.7. The van der Waals surface area contributed by atoms with Gasteiger partial charge in [-0.05, 0) is 0 Å². The molecule has 5 nitrogen and oxygen atoms in total. The van der Waals surface area contributed by atoms with Gasteiger partial charge >= 0.3 is 492 Å². The van der Waals surface area contributed by atoms with Gasteiger partial charge < -0.3 is 0 Å². The predicted octanol–water partition coefficient (Wildman–Crippen LogP) is 14.8. The summed E-state index contributed by atoms with van der Waals surface area (Å²) in [5.74, 6) is 1.38. The molecule has 0 saturated heterocycles. The Morgan fingerprint density at radius 2 is 0.901 bits per heavy atom. The van der Waals surface area contributed by atoms with Gasteiger partial charge in [0.15, 0.2) is 0 Å². The van der Waals surface area contributed by atoms with Crippen LogP contribution in [-0.2, 0) is 0 Å². The first kappa shape index (κ1) is 39.8. The monoisotopic (exact) mass is 1160 g/mol. The van der Waals surface area contributed by atoms with Crippen molar-refractivity contribution in [1.82, 2.24) is 9.13 Å². The SMILES string of the molecule is [2H]c1c([2H])c([2H])c2c(c1[2H])c1c([2H])c([2H])c([2H])c([2H])c1n2-c1ccc2c(c1)N(c1c(-c3cccc(OC)c3)cccc1-c1cccc(OC)c1)c1cccc3c1B2c1ccc(-n2c4ccc(-c5ccccc5)cc4c4cc(-c5ccccc5)ccc42)cc1[Te]3. The number of rotatable bonds is 9. The minimum absolute atomic E-state index is 0.0180. The second kappa shape index (κ2) is 19.1. The van der Waals surface area contributed by atoms with Crippen LogP contribution in [0.5, 0.6) is 11.5 Å². The van der Waals surface area contributed by atoms with Crippen LogP contribution in [0.25, 0.3) is 99.5 Å². The molecule has 81 heavy (non-hydrogen) atoms. The normalized spacial score (nSPS) is 13.9. The van der Waals surface area contributed by atoms with E-state index in [4.69, 9.17) is 15.0 Å². The van der Waals surface area contributed by atoms with E-state index in [2.05, 4.69) is 179 Å². The Bertz CT molecular complexity index is 5110. The van der Waals surface area contributed by atoms with Crippen molar-refractivity contribution >= 4 is 112 Å². The number of nitrogens with zero attached hydrogens (tertiary/aromatic N) is 3. The molecule has 0 fully saturated rings. The Kier molecular flexibility index (Phi) is 9.38. The molecule has 0 amide bonds. The summed E-state index contributed by atoms with van der Waals surface area (Å²) in [6, 6.07) is 73.5. The van der Waals surface area contributed by atoms with Crippen molar-refractivity contribution in [3.63, 3.8) is 0 Å². The molecule has 12 aromatic carbocycles. The summed E-state index contributed by atoms with van der Waals surface area (Å²) in [4.78, 5) is 2.34. The predicted molar refractivity (Wildman–Crippen MR) is 341 cm³/mol. The van der Waals surface area contributed by atoms with Gasteiger partial charge in [0.25, 0.3) is 0 Å². The van der Waals surface area contributed by atoms with Gasteiger partial charge in [-0.1, -0.05) is 0 Å². The van der Waals surface area contributed by atoms with E-state index in [0.29, 0.717) is 17.2 Å². The fourth-order valence-electron chi connectivity index (χ4n) is 12.6. The molecule has 0 spiro atoms. The number of aromatic nitrogens is 2. The summed E-state index contributed by atoms with van der Waals surface area (Å²) in [6.45, 7) is -0.276. The minimum atomic E-state index is -1.08. The number of ether oxygens (including phenoxy) is 2. The molecular formula is C74H50BN3O2Te. The van der Waals surface area contributed by atoms with Crippen molar-refractivity contribution < 1.29 is 20.4 Å². The van der Waals surface area contributed by atoms with Crippen molar-refractivity contribution in [2.24, 2.45) is 0 Å². The number of methoxy groups -OCH3 is 2. The topological polar surface area (TPSA) is 31.6 Å². The van der Waals surface area contributed by atoms with Crippen molar-refractivity contribution in [1.29, 1.82) is 0 Å². The molecule has 0 aliphatic carbocycles. The van der Waals surface area contributed by atoms with Crippen molar-refractivity contribution in [2.75, 3.05) is 19.1 Å². The molecule has 14 aromatic rings. The van der Waals surface area contributed by atoms with Crippen LogP contribution in [0.15, 0.2) is 267 Å². The van der Waals surface area contributed by atoms with Gasteiger partial charge in [-0.3, -0.25) is 0 Å². The molecular weight excluding hydrogens is 1100 g/mol. The zero-order valence-electron chi connectivity index (χ0n) is 51.9. The van der Waals surface area contributed by atoms with Gasteiger partial charge in [-0.15, -0.1) is 0 Å². The molecule has 0 radical (unpaired) electrons. The summed E-state index contributed by atoms with van der Waals surface area (Å²) in [6.07, 6.45) is 0. The molecule has 0 N–H and O–H groups in total. The third-order valence-corrected chi connectivity index (χ3v) is 19.5. The van der Waals surface area contributed by atoms with Crippen molar-refractivity contribution in [3.8, 4) is 67.4 Å². The summed E-state index contributed by atoms with van der Waals surface area (Å²) in [5, 5.41) is 2.36. The second-order valence-corrected chi connectivity index (χ2v) is 23.6. The quantitative estimate of drug-likeness (QED) is 0.135. The Morgan fingerprint density at radius 1 is 0.383 bits per heavy atom. The molecule has 0 bridgehead atoms. The van der Waals surface area contributed by atoms with Gasteiger partial charge in [-0.25, -0.2) is 0 Å². The molecule has 0 saturated carbocycles. The average molecular weight is 1160 g/mol. The first-order valence-electron chi connectivity index (χ1n) is 30.9. The Labute approximate surface area is 491 Å². The van der Waals surface area contributed by atoms with E-state index < -0.39 is 45.1 Å². The Morgan fingerprint density at radius 3 is 1.49 bits per heavy atom. The summed E-state index contributed by atoms with van der Waals surface area (Å²) in [5.41, 5.74) is 18.1. The number of hydrogen-bond donors (Lipinski definition) is 0. The van der Waals surface area contributed by atoms with Gasteiger partial charge in [0.2, 0.25) is 0 Å². The Hall–Kier alpha value is -9.51. The molecule has 2 aliphatic rings. The molecule has 2 aliphatic heterocycles. The third-order valence-electron chi connectivity index (χ3n) is 16.2. The van der Waals surface area contributed by atoms with E-state index in [9.17, 15) is 5.48 Å². The van der Waals surface area contributed by atoms with Crippen LogP contribution in [0.3, 0.4) is 0 Å². The number of hydrogen-bond acceptors (Lipinski definition) is 3. The molecule has 2 aromatic heterocycles. The summed E-state index contributed by atoms with van der Waals surface area (Å²) in [7, 11) is 3.33.